The van der Waals surface area contributed by atoms with E-state index in [0.29, 0.717) is 10.5 Å². The molecule has 14 heavy (non-hydrogen) atoms. The van der Waals surface area contributed by atoms with Crippen molar-refractivity contribution < 1.29 is 5.11 Å². The van der Waals surface area contributed by atoms with Crippen molar-refractivity contribution in [3.8, 4) is 0 Å². The van der Waals surface area contributed by atoms with E-state index in [-0.39, 0.29) is 6.10 Å². The Morgan fingerprint density at radius 3 is 2.57 bits per heavy atom. The third-order valence-electron chi connectivity index (χ3n) is 2.78. The summed E-state index contributed by atoms with van der Waals surface area (Å²) in [5, 5.41) is 11.0. The third-order valence-corrected chi connectivity index (χ3v) is 4.10. The monoisotopic (exact) mass is 208 g/mol. The second-order valence-corrected chi connectivity index (χ2v) is 5.75. The van der Waals surface area contributed by atoms with Crippen molar-refractivity contribution in [2.24, 2.45) is 0 Å². The molecule has 1 nitrogen and oxygen atoms in total. The SMILES string of the molecule is CC1C[C@H](O)c2ccccc2C(C)S1. The van der Waals surface area contributed by atoms with Crippen molar-refractivity contribution in [1.82, 2.24) is 0 Å². The fourth-order valence-corrected chi connectivity index (χ4v) is 3.45. The van der Waals surface area contributed by atoms with Crippen LogP contribution in [0.1, 0.15) is 42.7 Å². The van der Waals surface area contributed by atoms with Gasteiger partial charge in [0, 0.05) is 10.5 Å². The van der Waals surface area contributed by atoms with Gasteiger partial charge in [-0.2, -0.15) is 11.8 Å². The van der Waals surface area contributed by atoms with E-state index >= 15 is 0 Å². The predicted octanol–water partition coefficient (Wildman–Crippen LogP) is 3.31. The molecule has 0 aromatic heterocycles. The minimum absolute atomic E-state index is 0.279. The fraction of sp³-hybridized carbons (Fsp3) is 0.500. The van der Waals surface area contributed by atoms with Crippen LogP contribution in [0.3, 0.4) is 0 Å². The Bertz CT molecular complexity index is 293. The van der Waals surface area contributed by atoms with Crippen molar-refractivity contribution in [2.75, 3.05) is 0 Å². The average molecular weight is 208 g/mol. The summed E-state index contributed by atoms with van der Waals surface area (Å²) in [7, 11) is 0. The highest BCUT2D eigenvalue weighted by molar-refractivity contribution is 8.00. The first kappa shape index (κ1) is 10.1. The molecule has 1 N–H and O–H groups in total. The quantitative estimate of drug-likeness (QED) is 0.706. The molecule has 0 spiro atoms. The molecular formula is C12H16OS. The first-order valence-electron chi connectivity index (χ1n) is 5.11. The van der Waals surface area contributed by atoms with Crippen LogP contribution in [0, 0.1) is 0 Å². The van der Waals surface area contributed by atoms with Crippen LogP contribution < -0.4 is 0 Å². The zero-order valence-electron chi connectivity index (χ0n) is 8.60. The van der Waals surface area contributed by atoms with Gasteiger partial charge in [-0.3, -0.25) is 0 Å². The van der Waals surface area contributed by atoms with Crippen molar-refractivity contribution in [1.29, 1.82) is 0 Å². The minimum Gasteiger partial charge on any atom is -0.388 e. The van der Waals surface area contributed by atoms with E-state index in [0.717, 1.165) is 12.0 Å². The lowest BCUT2D eigenvalue weighted by molar-refractivity contribution is 0.168. The van der Waals surface area contributed by atoms with E-state index in [4.69, 9.17) is 0 Å². The lowest BCUT2D eigenvalue weighted by Gasteiger charge is -2.13. The number of aliphatic hydroxyl groups is 1. The minimum atomic E-state index is -0.279. The molecule has 2 unspecified atom stereocenters. The summed E-state index contributed by atoms with van der Waals surface area (Å²) >= 11 is 1.95. The summed E-state index contributed by atoms with van der Waals surface area (Å²) in [6.45, 7) is 4.41. The van der Waals surface area contributed by atoms with Crippen LogP contribution in [0.4, 0.5) is 0 Å². The number of thioether (sulfide) groups is 1. The molecule has 3 atom stereocenters. The van der Waals surface area contributed by atoms with Gasteiger partial charge in [0.2, 0.25) is 0 Å². The van der Waals surface area contributed by atoms with Gasteiger partial charge in [0.1, 0.15) is 0 Å². The lowest BCUT2D eigenvalue weighted by Crippen LogP contribution is -2.03. The Kier molecular flexibility index (Phi) is 2.84. The summed E-state index contributed by atoms with van der Waals surface area (Å²) < 4.78 is 0. The van der Waals surface area contributed by atoms with Gasteiger partial charge in [-0.15, -0.1) is 0 Å². The number of fused-ring (bicyclic) bond motifs is 1. The normalized spacial score (nSPS) is 32.1. The molecule has 0 aliphatic carbocycles. The third kappa shape index (κ3) is 1.82. The molecule has 76 valence electrons. The van der Waals surface area contributed by atoms with Gasteiger partial charge in [0.15, 0.2) is 0 Å². The topological polar surface area (TPSA) is 20.2 Å². The van der Waals surface area contributed by atoms with Crippen LogP contribution in [-0.2, 0) is 0 Å². The van der Waals surface area contributed by atoms with Crippen molar-refractivity contribution in [3.63, 3.8) is 0 Å². The Labute approximate surface area is 89.5 Å². The Morgan fingerprint density at radius 1 is 1.21 bits per heavy atom. The van der Waals surface area contributed by atoms with Gasteiger partial charge >= 0.3 is 0 Å². The Morgan fingerprint density at radius 2 is 1.86 bits per heavy atom. The molecule has 1 aromatic carbocycles. The van der Waals surface area contributed by atoms with E-state index in [1.807, 2.05) is 17.8 Å². The van der Waals surface area contributed by atoms with Crippen LogP contribution in [-0.4, -0.2) is 10.4 Å². The highest BCUT2D eigenvalue weighted by atomic mass is 32.2. The molecule has 0 saturated heterocycles. The molecular weight excluding hydrogens is 192 g/mol. The molecule has 0 saturated carbocycles. The molecule has 2 heteroatoms. The van der Waals surface area contributed by atoms with Crippen molar-refractivity contribution in [3.05, 3.63) is 35.4 Å². The van der Waals surface area contributed by atoms with Gasteiger partial charge in [-0.1, -0.05) is 31.2 Å². The van der Waals surface area contributed by atoms with Gasteiger partial charge in [0.25, 0.3) is 0 Å². The molecule has 1 aliphatic heterocycles. The van der Waals surface area contributed by atoms with Crippen LogP contribution in [0.5, 0.6) is 0 Å². The largest absolute Gasteiger partial charge is 0.388 e. The molecule has 0 bridgehead atoms. The molecule has 0 fully saturated rings. The van der Waals surface area contributed by atoms with Gasteiger partial charge in [0.05, 0.1) is 6.10 Å². The van der Waals surface area contributed by atoms with E-state index < -0.39 is 0 Å². The zero-order chi connectivity index (χ0) is 10.1. The summed E-state index contributed by atoms with van der Waals surface area (Å²) in [5.74, 6) is 0. The maximum absolute atomic E-state index is 10.0. The average Bonchev–Trinajstić information content (AvgIpc) is 2.26. The van der Waals surface area contributed by atoms with E-state index in [2.05, 4.69) is 32.0 Å². The van der Waals surface area contributed by atoms with Gasteiger partial charge < -0.3 is 5.11 Å². The van der Waals surface area contributed by atoms with Gasteiger partial charge in [-0.05, 0) is 24.5 Å². The summed E-state index contributed by atoms with van der Waals surface area (Å²) in [4.78, 5) is 0. The molecule has 1 aromatic rings. The predicted molar refractivity (Wildman–Crippen MR) is 61.5 cm³/mol. The first-order valence-corrected chi connectivity index (χ1v) is 6.05. The highest BCUT2D eigenvalue weighted by Crippen LogP contribution is 2.42. The van der Waals surface area contributed by atoms with Crippen LogP contribution >= 0.6 is 11.8 Å². The highest BCUT2D eigenvalue weighted by Gasteiger charge is 2.24. The first-order chi connectivity index (χ1) is 6.68. The van der Waals surface area contributed by atoms with E-state index in [9.17, 15) is 5.11 Å². The van der Waals surface area contributed by atoms with E-state index in [1.165, 1.54) is 5.56 Å². The molecule has 1 aliphatic rings. The lowest BCUT2D eigenvalue weighted by atomic mass is 9.98. The molecule has 0 radical (unpaired) electrons. The van der Waals surface area contributed by atoms with Crippen molar-refractivity contribution in [2.45, 2.75) is 36.9 Å². The second kappa shape index (κ2) is 3.95. The van der Waals surface area contributed by atoms with Crippen LogP contribution in [0.25, 0.3) is 0 Å². The van der Waals surface area contributed by atoms with Crippen LogP contribution in [0.2, 0.25) is 0 Å². The van der Waals surface area contributed by atoms with Crippen LogP contribution in [0.15, 0.2) is 24.3 Å². The Hall–Kier alpha value is -0.470. The van der Waals surface area contributed by atoms with Crippen molar-refractivity contribution >= 4 is 11.8 Å². The van der Waals surface area contributed by atoms with E-state index in [1.54, 1.807) is 0 Å². The summed E-state index contributed by atoms with van der Waals surface area (Å²) in [5.41, 5.74) is 2.42. The zero-order valence-corrected chi connectivity index (χ0v) is 9.42. The maximum atomic E-state index is 10.0. The number of aliphatic hydroxyl groups excluding tert-OH is 1. The Balaban J connectivity index is 2.42. The number of hydrogen-bond acceptors (Lipinski definition) is 2. The summed E-state index contributed by atoms with van der Waals surface area (Å²) in [6, 6.07) is 8.25. The molecule has 1 heterocycles. The standard InChI is InChI=1S/C12H16OS/c1-8-7-12(13)11-6-4-3-5-10(11)9(2)14-8/h3-6,8-9,12-13H,7H2,1-2H3/t8?,9?,12-/m0/s1. The summed E-state index contributed by atoms with van der Waals surface area (Å²) in [6.07, 6.45) is 0.588. The smallest absolute Gasteiger partial charge is 0.0803 e. The molecule has 0 amide bonds. The second-order valence-electron chi connectivity index (χ2n) is 3.97. The number of rotatable bonds is 0. The molecule has 2 rings (SSSR count). The maximum Gasteiger partial charge on any atom is 0.0803 e. The fourth-order valence-electron chi connectivity index (χ4n) is 2.10. The van der Waals surface area contributed by atoms with Gasteiger partial charge in [-0.25, -0.2) is 0 Å². The number of benzene rings is 1. The number of hydrogen-bond donors (Lipinski definition) is 1.